The fourth-order valence-corrected chi connectivity index (χ4v) is 11.4. The molecule has 0 aliphatic heterocycles. The Labute approximate surface area is 385 Å². The van der Waals surface area contributed by atoms with Crippen molar-refractivity contribution >= 4 is 29.2 Å². The van der Waals surface area contributed by atoms with E-state index in [2.05, 4.69) is 141 Å². The molecule has 2 nitrogen and oxygen atoms in total. The van der Waals surface area contributed by atoms with Crippen molar-refractivity contribution in [1.29, 1.82) is 0 Å². The normalized spacial score (nSPS) is 14.1. The highest BCUT2D eigenvalue weighted by atomic mass is 79.9. The predicted octanol–water partition coefficient (Wildman–Crippen LogP) is 15.3. The summed E-state index contributed by atoms with van der Waals surface area (Å²) in [6, 6.07) is 38.4. The molecule has 0 heterocycles. The lowest BCUT2D eigenvalue weighted by Crippen LogP contribution is -2.29. The van der Waals surface area contributed by atoms with E-state index < -0.39 is 5.41 Å². The van der Waals surface area contributed by atoms with Gasteiger partial charge in [0.1, 0.15) is 7.85 Å². The molecule has 0 unspecified atom stereocenters. The maximum atomic E-state index is 6.77. The third-order valence-corrected chi connectivity index (χ3v) is 14.7. The van der Waals surface area contributed by atoms with Gasteiger partial charge < -0.3 is 9.47 Å². The van der Waals surface area contributed by atoms with Gasteiger partial charge in [0, 0.05) is 36.3 Å². The van der Waals surface area contributed by atoms with Gasteiger partial charge in [-0.05, 0) is 143 Å². The summed E-state index contributed by atoms with van der Waals surface area (Å²) < 4.78 is 12.5. The fraction of sp³-hybridized carbons (Fsp3) is 0.483. The van der Waals surface area contributed by atoms with Crippen LogP contribution in [-0.2, 0) is 33.1 Å². The number of aryl methyl sites for hydroxylation is 2. The second-order valence-corrected chi connectivity index (χ2v) is 19.2. The van der Waals surface area contributed by atoms with Crippen molar-refractivity contribution in [2.45, 2.75) is 154 Å². The van der Waals surface area contributed by atoms with Crippen LogP contribution in [0.4, 0.5) is 0 Å². The Kier molecular flexibility index (Phi) is 16.9. The number of benzene rings is 5. The smallest absolute Gasteiger partial charge is 0.113 e. The first-order valence-corrected chi connectivity index (χ1v) is 25.4. The minimum atomic E-state index is -0.505. The molecule has 0 bridgehead atoms. The number of hydrogen-bond donors (Lipinski definition) is 0. The van der Waals surface area contributed by atoms with Crippen LogP contribution in [0.5, 0.6) is 0 Å². The highest BCUT2D eigenvalue weighted by Gasteiger charge is 2.50. The van der Waals surface area contributed by atoms with E-state index in [1.165, 1.54) is 157 Å². The van der Waals surface area contributed by atoms with Gasteiger partial charge in [-0.25, -0.2) is 0 Å². The molecule has 0 amide bonds. The molecule has 4 heteroatoms. The molecule has 326 valence electrons. The van der Waals surface area contributed by atoms with Crippen LogP contribution >= 0.6 is 15.9 Å². The zero-order valence-corrected chi connectivity index (χ0v) is 40.2. The number of fused-ring (bicyclic) bond motifs is 6. The molecule has 5 aromatic carbocycles. The topological polar surface area (TPSA) is 18.5 Å². The van der Waals surface area contributed by atoms with E-state index in [1.807, 2.05) is 0 Å². The largest absolute Gasteiger partial charge is 0.382 e. The molecule has 5 aromatic rings. The summed E-state index contributed by atoms with van der Waals surface area (Å²) >= 11 is 3.98. The van der Waals surface area contributed by atoms with Gasteiger partial charge in [-0.1, -0.05) is 185 Å². The third-order valence-electron chi connectivity index (χ3n) is 14.2. The summed E-state index contributed by atoms with van der Waals surface area (Å²) in [5, 5.41) is 0. The highest BCUT2D eigenvalue weighted by molar-refractivity contribution is 9.10. The molecule has 2 aliphatic carbocycles. The summed E-state index contributed by atoms with van der Waals surface area (Å²) in [5.41, 5.74) is 16.9. The van der Waals surface area contributed by atoms with E-state index in [1.54, 1.807) is 0 Å². The molecule has 0 fully saturated rings. The average Bonchev–Trinajstić information content (AvgIpc) is 3.71. The Morgan fingerprint density at radius 1 is 0.452 bits per heavy atom. The van der Waals surface area contributed by atoms with E-state index in [4.69, 9.17) is 17.3 Å². The van der Waals surface area contributed by atoms with Gasteiger partial charge in [0.25, 0.3) is 0 Å². The highest BCUT2D eigenvalue weighted by Crippen LogP contribution is 2.62. The van der Waals surface area contributed by atoms with Crippen LogP contribution < -0.4 is 5.46 Å². The fourth-order valence-electron chi connectivity index (χ4n) is 11.1. The van der Waals surface area contributed by atoms with Crippen LogP contribution in [-0.4, -0.2) is 34.3 Å². The second kappa shape index (κ2) is 22.5. The van der Waals surface area contributed by atoms with Crippen molar-refractivity contribution in [2.75, 3.05) is 26.4 Å². The van der Waals surface area contributed by atoms with Gasteiger partial charge in [-0.3, -0.25) is 0 Å². The predicted molar refractivity (Wildman–Crippen MR) is 269 cm³/mol. The van der Waals surface area contributed by atoms with Crippen LogP contribution in [0.25, 0.3) is 22.3 Å². The standard InChI is InChI=1S/C58H72BBrO2/c1-5-9-11-13-15-17-35-57(36-18-16-14-12-10-6-2)53-39-47(59)31-33-49(53)51-42-56-52(41-54(51)57)50-34-32-48(60)40-55(50)58(56,45-27-23-43(24-28-45)21-19-37-61-7-3)46-29-25-44(26-30-46)22-20-38-62-8-4/h23-34,39-42H,5-22,35-38H2,1-4H3. The van der Waals surface area contributed by atoms with Crippen LogP contribution in [0, 0.1) is 0 Å². The van der Waals surface area contributed by atoms with Gasteiger partial charge in [0.15, 0.2) is 0 Å². The minimum absolute atomic E-state index is 0.0579. The van der Waals surface area contributed by atoms with Crippen molar-refractivity contribution < 1.29 is 9.47 Å². The third kappa shape index (κ3) is 9.94. The second-order valence-electron chi connectivity index (χ2n) is 18.3. The molecule has 0 saturated heterocycles. The number of hydrogen-bond acceptors (Lipinski definition) is 2. The van der Waals surface area contributed by atoms with Gasteiger partial charge in [-0.15, -0.1) is 0 Å². The molecule has 0 spiro atoms. The van der Waals surface area contributed by atoms with Crippen LogP contribution in [0.1, 0.15) is 175 Å². The zero-order valence-electron chi connectivity index (χ0n) is 38.6. The van der Waals surface area contributed by atoms with Crippen LogP contribution in [0.15, 0.2) is 102 Å². The lowest BCUT2D eigenvalue weighted by Gasteiger charge is -2.35. The summed E-state index contributed by atoms with van der Waals surface area (Å²) in [5.74, 6) is 0. The maximum Gasteiger partial charge on any atom is 0.113 e. The minimum Gasteiger partial charge on any atom is -0.382 e. The first-order chi connectivity index (χ1) is 30.4. The molecule has 62 heavy (non-hydrogen) atoms. The first kappa shape index (κ1) is 46.6. The Bertz CT molecular complexity index is 2120. The summed E-state index contributed by atoms with van der Waals surface area (Å²) in [7, 11) is 6.77. The number of ether oxygens (including phenoxy) is 2. The molecular weight excluding hydrogens is 819 g/mol. The number of halogens is 1. The van der Waals surface area contributed by atoms with Crippen molar-refractivity contribution in [1.82, 2.24) is 0 Å². The molecular formula is C58H72BBrO2. The zero-order chi connectivity index (χ0) is 43.4. The summed E-state index contributed by atoms with van der Waals surface area (Å²) in [6.07, 6.45) is 22.0. The van der Waals surface area contributed by atoms with E-state index in [0.717, 1.165) is 62.0 Å². The van der Waals surface area contributed by atoms with Crippen LogP contribution in [0.2, 0.25) is 0 Å². The van der Waals surface area contributed by atoms with Crippen LogP contribution in [0.3, 0.4) is 0 Å². The molecule has 0 aromatic heterocycles. The summed E-state index contributed by atoms with van der Waals surface area (Å²) in [6.45, 7) is 11.9. The summed E-state index contributed by atoms with van der Waals surface area (Å²) in [4.78, 5) is 0. The quantitative estimate of drug-likeness (QED) is 0.0399. The van der Waals surface area contributed by atoms with Gasteiger partial charge in [-0.2, -0.15) is 0 Å². The van der Waals surface area contributed by atoms with E-state index in [9.17, 15) is 0 Å². The SMILES string of the molecule is [B]c1ccc2c(c1)C(CCCCCCCC)(CCCCCCCC)c1cc3c(cc1-2)C(c1ccc(CCCOCC)cc1)(c1ccc(CCCOCC)cc1)c1cc(Br)ccc1-3. The van der Waals surface area contributed by atoms with E-state index >= 15 is 0 Å². The van der Waals surface area contributed by atoms with Gasteiger partial charge in [0.05, 0.1) is 5.41 Å². The monoisotopic (exact) mass is 890 g/mol. The number of unbranched alkanes of at least 4 members (excludes halogenated alkanes) is 10. The average molecular weight is 892 g/mol. The van der Waals surface area contributed by atoms with Crippen molar-refractivity contribution in [3.8, 4) is 22.3 Å². The van der Waals surface area contributed by atoms with E-state index in [0.29, 0.717) is 0 Å². The molecule has 7 rings (SSSR count). The van der Waals surface area contributed by atoms with Crippen molar-refractivity contribution in [3.05, 3.63) is 146 Å². The first-order valence-electron chi connectivity index (χ1n) is 24.6. The van der Waals surface area contributed by atoms with Crippen molar-refractivity contribution in [3.63, 3.8) is 0 Å². The maximum absolute atomic E-state index is 6.77. The Morgan fingerprint density at radius 2 is 0.903 bits per heavy atom. The van der Waals surface area contributed by atoms with Gasteiger partial charge in [0.2, 0.25) is 0 Å². The molecule has 0 saturated carbocycles. The Balaban J connectivity index is 1.40. The Morgan fingerprint density at radius 3 is 1.45 bits per heavy atom. The van der Waals surface area contributed by atoms with Gasteiger partial charge >= 0.3 is 0 Å². The number of rotatable bonds is 26. The lowest BCUT2D eigenvalue weighted by atomic mass is 9.66. The molecule has 2 aliphatic rings. The van der Waals surface area contributed by atoms with Crippen molar-refractivity contribution in [2.24, 2.45) is 0 Å². The molecule has 0 N–H and O–H groups in total. The Hall–Kier alpha value is -3.44. The molecule has 2 radical (unpaired) electrons. The lowest BCUT2D eigenvalue weighted by molar-refractivity contribution is 0.145. The van der Waals surface area contributed by atoms with E-state index in [-0.39, 0.29) is 5.41 Å². The molecule has 0 atom stereocenters.